The molecule has 0 spiro atoms. The monoisotopic (exact) mass is 371 g/mol. The molecule has 0 N–H and O–H groups in total. The van der Waals surface area contributed by atoms with E-state index in [4.69, 9.17) is 0 Å². The summed E-state index contributed by atoms with van der Waals surface area (Å²) in [4.78, 5) is 8.70. The van der Waals surface area contributed by atoms with Crippen LogP contribution in [0.1, 0.15) is 5.56 Å². The Hall–Kier alpha value is -2.38. The summed E-state index contributed by atoms with van der Waals surface area (Å²) in [6.07, 6.45) is 1.51. The summed E-state index contributed by atoms with van der Waals surface area (Å²) >= 11 is 2.88. The van der Waals surface area contributed by atoms with Gasteiger partial charge in [-0.3, -0.25) is 0 Å². The number of aromatic nitrogens is 3. The number of fused-ring (bicyclic) bond motifs is 1. The molecule has 4 rings (SSSR count). The van der Waals surface area contributed by atoms with E-state index in [-0.39, 0.29) is 11.6 Å². The number of thioether (sulfide) groups is 1. The number of benzene rings is 2. The Morgan fingerprint density at radius 1 is 0.880 bits per heavy atom. The van der Waals surface area contributed by atoms with Gasteiger partial charge in [0.15, 0.2) is 0 Å². The Morgan fingerprint density at radius 3 is 2.28 bits per heavy atom. The summed E-state index contributed by atoms with van der Waals surface area (Å²) in [7, 11) is 0. The van der Waals surface area contributed by atoms with Crippen LogP contribution in [0.4, 0.5) is 8.78 Å². The molecule has 0 bridgehead atoms. The third-order valence-electron chi connectivity index (χ3n) is 3.63. The molecular formula is C18H11F2N3S2. The van der Waals surface area contributed by atoms with Crippen molar-refractivity contribution in [3.8, 4) is 11.3 Å². The van der Waals surface area contributed by atoms with Crippen LogP contribution in [0.2, 0.25) is 0 Å². The molecule has 0 fully saturated rings. The minimum absolute atomic E-state index is 0.246. The number of hydrogen-bond donors (Lipinski definition) is 0. The lowest BCUT2D eigenvalue weighted by Gasteiger charge is -2.02. The first-order chi connectivity index (χ1) is 12.2. The zero-order valence-electron chi connectivity index (χ0n) is 12.8. The molecule has 2 aromatic carbocycles. The van der Waals surface area contributed by atoms with E-state index in [1.165, 1.54) is 42.1 Å². The molecule has 0 unspecified atom stereocenters. The zero-order chi connectivity index (χ0) is 17.2. The van der Waals surface area contributed by atoms with Crippen molar-refractivity contribution in [2.75, 3.05) is 0 Å². The normalized spacial score (nSPS) is 11.1. The van der Waals surface area contributed by atoms with Gasteiger partial charge >= 0.3 is 0 Å². The van der Waals surface area contributed by atoms with Gasteiger partial charge in [-0.2, -0.15) is 4.37 Å². The first-order valence-corrected chi connectivity index (χ1v) is 9.20. The minimum atomic E-state index is -0.284. The van der Waals surface area contributed by atoms with Gasteiger partial charge in [0.2, 0.25) is 0 Å². The predicted octanol–water partition coefficient (Wildman–Crippen LogP) is 5.32. The van der Waals surface area contributed by atoms with Crippen molar-refractivity contribution in [1.29, 1.82) is 0 Å². The van der Waals surface area contributed by atoms with Crippen LogP contribution < -0.4 is 0 Å². The number of rotatable bonds is 4. The van der Waals surface area contributed by atoms with Gasteiger partial charge in [0.25, 0.3) is 0 Å². The zero-order valence-corrected chi connectivity index (χ0v) is 14.5. The Kier molecular flexibility index (Phi) is 4.42. The second kappa shape index (κ2) is 6.85. The highest BCUT2D eigenvalue weighted by Crippen LogP contribution is 2.35. The van der Waals surface area contributed by atoms with E-state index in [1.54, 1.807) is 36.0 Å². The average molecular weight is 371 g/mol. The van der Waals surface area contributed by atoms with Gasteiger partial charge in [0.05, 0.1) is 0 Å². The van der Waals surface area contributed by atoms with E-state index in [0.717, 1.165) is 32.1 Å². The highest BCUT2D eigenvalue weighted by atomic mass is 32.2. The fourth-order valence-corrected chi connectivity index (χ4v) is 4.25. The van der Waals surface area contributed by atoms with Crippen LogP contribution in [0.5, 0.6) is 0 Å². The van der Waals surface area contributed by atoms with E-state index in [9.17, 15) is 8.78 Å². The van der Waals surface area contributed by atoms with Gasteiger partial charge in [0.1, 0.15) is 38.9 Å². The van der Waals surface area contributed by atoms with Crippen molar-refractivity contribution in [3.05, 3.63) is 72.1 Å². The van der Waals surface area contributed by atoms with Crippen LogP contribution >= 0.6 is 23.3 Å². The lowest BCUT2D eigenvalue weighted by atomic mass is 10.1. The van der Waals surface area contributed by atoms with Gasteiger partial charge in [-0.05, 0) is 53.5 Å². The lowest BCUT2D eigenvalue weighted by molar-refractivity contribution is 0.627. The van der Waals surface area contributed by atoms with Gasteiger partial charge in [-0.15, -0.1) is 11.8 Å². The third kappa shape index (κ3) is 3.38. The van der Waals surface area contributed by atoms with Crippen LogP contribution in [0.15, 0.2) is 59.9 Å². The summed E-state index contributed by atoms with van der Waals surface area (Å²) in [6, 6.07) is 12.6. The fourth-order valence-electron chi connectivity index (χ4n) is 2.38. The molecule has 0 aliphatic heterocycles. The molecule has 0 amide bonds. The highest BCUT2D eigenvalue weighted by molar-refractivity contribution is 7.98. The molecule has 0 radical (unpaired) electrons. The van der Waals surface area contributed by atoms with Crippen molar-refractivity contribution in [3.63, 3.8) is 0 Å². The van der Waals surface area contributed by atoms with Crippen LogP contribution in [0, 0.1) is 11.6 Å². The molecule has 25 heavy (non-hydrogen) atoms. The predicted molar refractivity (Wildman–Crippen MR) is 96.6 cm³/mol. The molecule has 0 saturated heterocycles. The van der Waals surface area contributed by atoms with Crippen LogP contribution in [0.25, 0.3) is 21.5 Å². The maximum Gasteiger partial charge on any atom is 0.123 e. The molecule has 2 aromatic heterocycles. The van der Waals surface area contributed by atoms with E-state index >= 15 is 0 Å². The van der Waals surface area contributed by atoms with Gasteiger partial charge in [0, 0.05) is 11.3 Å². The van der Waals surface area contributed by atoms with Gasteiger partial charge < -0.3 is 0 Å². The summed E-state index contributed by atoms with van der Waals surface area (Å²) in [5.41, 5.74) is 3.32. The van der Waals surface area contributed by atoms with E-state index in [0.29, 0.717) is 5.75 Å². The first-order valence-electron chi connectivity index (χ1n) is 7.44. The van der Waals surface area contributed by atoms with Crippen molar-refractivity contribution in [1.82, 2.24) is 14.3 Å². The van der Waals surface area contributed by atoms with Gasteiger partial charge in [-0.1, -0.05) is 12.1 Å². The number of hydrogen-bond acceptors (Lipinski definition) is 5. The summed E-state index contributed by atoms with van der Waals surface area (Å²) in [5.74, 6) is 0.147. The molecule has 2 heterocycles. The molecule has 0 aliphatic rings. The highest BCUT2D eigenvalue weighted by Gasteiger charge is 2.14. The Bertz CT molecular complexity index is 1010. The SMILES string of the molecule is Fc1ccc(CSc2ncnc3c(-c4ccc(F)cc4)nsc23)cc1. The maximum absolute atomic E-state index is 13.1. The molecule has 0 aliphatic carbocycles. The summed E-state index contributed by atoms with van der Waals surface area (Å²) < 4.78 is 31.5. The van der Waals surface area contributed by atoms with E-state index in [2.05, 4.69) is 14.3 Å². The maximum atomic E-state index is 13.1. The Morgan fingerprint density at radius 2 is 1.56 bits per heavy atom. The largest absolute Gasteiger partial charge is 0.233 e. The quantitative estimate of drug-likeness (QED) is 0.359. The van der Waals surface area contributed by atoms with Gasteiger partial charge in [-0.25, -0.2) is 18.7 Å². The standard InChI is InChI=1S/C18H11F2N3S2/c19-13-5-1-11(2-6-13)9-24-18-17-16(21-10-22-18)15(23-25-17)12-3-7-14(20)8-4-12/h1-8,10H,9H2. The molecule has 4 aromatic rings. The van der Waals surface area contributed by atoms with Crippen LogP contribution in [0.3, 0.4) is 0 Å². The molecule has 3 nitrogen and oxygen atoms in total. The minimum Gasteiger partial charge on any atom is -0.233 e. The van der Waals surface area contributed by atoms with Crippen molar-refractivity contribution in [2.45, 2.75) is 10.8 Å². The average Bonchev–Trinajstić information content (AvgIpc) is 3.07. The number of halogens is 2. The topological polar surface area (TPSA) is 38.7 Å². The third-order valence-corrected chi connectivity index (χ3v) is 5.66. The first kappa shape index (κ1) is 16.1. The smallest absolute Gasteiger partial charge is 0.123 e. The Balaban J connectivity index is 1.64. The fraction of sp³-hybridized carbons (Fsp3) is 0.0556. The molecule has 0 atom stereocenters. The van der Waals surface area contributed by atoms with Crippen LogP contribution in [-0.2, 0) is 5.75 Å². The lowest BCUT2D eigenvalue weighted by Crippen LogP contribution is -1.87. The van der Waals surface area contributed by atoms with E-state index < -0.39 is 0 Å². The van der Waals surface area contributed by atoms with Crippen molar-refractivity contribution in [2.24, 2.45) is 0 Å². The number of nitrogens with zero attached hydrogens (tertiary/aromatic N) is 3. The molecular weight excluding hydrogens is 360 g/mol. The molecule has 124 valence electrons. The molecule has 0 saturated carbocycles. The second-order valence-electron chi connectivity index (χ2n) is 5.31. The second-order valence-corrected chi connectivity index (χ2v) is 7.05. The van der Waals surface area contributed by atoms with Crippen molar-refractivity contribution < 1.29 is 8.78 Å². The summed E-state index contributed by atoms with van der Waals surface area (Å²) in [5, 5.41) is 0.834. The van der Waals surface area contributed by atoms with Crippen molar-refractivity contribution >= 4 is 33.5 Å². The van der Waals surface area contributed by atoms with E-state index in [1.807, 2.05) is 0 Å². The van der Waals surface area contributed by atoms with Crippen LogP contribution in [-0.4, -0.2) is 14.3 Å². The summed E-state index contributed by atoms with van der Waals surface area (Å²) in [6.45, 7) is 0. The Labute approximate surface area is 150 Å². The molecule has 7 heteroatoms.